The zero-order valence-electron chi connectivity index (χ0n) is 15.9. The first-order valence-corrected chi connectivity index (χ1v) is 9.94. The van der Waals surface area contributed by atoms with Crippen LogP contribution in [0, 0.1) is 0 Å². The molecule has 0 atom stereocenters. The molecule has 0 radical (unpaired) electrons. The van der Waals surface area contributed by atoms with Crippen molar-refractivity contribution in [1.82, 2.24) is 9.97 Å². The quantitative estimate of drug-likeness (QED) is 0.345. The van der Waals surface area contributed by atoms with Crippen LogP contribution in [-0.4, -0.2) is 28.2 Å². The molecule has 0 aliphatic carbocycles. The summed E-state index contributed by atoms with van der Waals surface area (Å²) in [7, 11) is 1.21. The van der Waals surface area contributed by atoms with E-state index in [9.17, 15) is 14.7 Å². The summed E-state index contributed by atoms with van der Waals surface area (Å²) in [6.07, 6.45) is 0. The van der Waals surface area contributed by atoms with Crippen LogP contribution in [0.1, 0.15) is 33.1 Å². The molecule has 2 heterocycles. The molecule has 2 aromatic heterocycles. The van der Waals surface area contributed by atoms with E-state index in [-0.39, 0.29) is 27.5 Å². The Bertz CT molecular complexity index is 1250. The number of carbonyl (C=O) groups excluding carboxylic acids is 1. The van der Waals surface area contributed by atoms with Crippen LogP contribution in [0.15, 0.2) is 76.1 Å². The average Bonchev–Trinajstić information content (AvgIpc) is 2.78. The second-order valence-corrected chi connectivity index (χ2v) is 7.44. The van der Waals surface area contributed by atoms with Gasteiger partial charge in [-0.15, -0.1) is 0 Å². The second kappa shape index (κ2) is 8.12. The summed E-state index contributed by atoms with van der Waals surface area (Å²) in [6.45, 7) is 0. The zero-order chi connectivity index (χ0) is 21.3. The van der Waals surface area contributed by atoms with E-state index in [0.29, 0.717) is 16.5 Å². The number of rotatable bonds is 4. The van der Waals surface area contributed by atoms with Gasteiger partial charge in [0.25, 0.3) is 5.56 Å². The van der Waals surface area contributed by atoms with Crippen molar-refractivity contribution >= 4 is 32.8 Å². The van der Waals surface area contributed by atoms with Gasteiger partial charge in [0.15, 0.2) is 11.4 Å². The molecule has 0 spiro atoms. The molecule has 6 nitrogen and oxygen atoms in total. The van der Waals surface area contributed by atoms with Crippen LogP contribution in [0.25, 0.3) is 10.9 Å². The average molecular weight is 465 g/mol. The van der Waals surface area contributed by atoms with Crippen molar-refractivity contribution in [3.8, 4) is 5.75 Å². The molecule has 0 bridgehead atoms. The Labute approximate surface area is 180 Å². The number of nitrogens with zero attached hydrogens (tertiary/aromatic N) is 1. The van der Waals surface area contributed by atoms with Gasteiger partial charge in [0.05, 0.1) is 12.6 Å². The van der Waals surface area contributed by atoms with Crippen LogP contribution in [0.3, 0.4) is 0 Å². The third-order valence-electron chi connectivity index (χ3n) is 4.92. The smallest absolute Gasteiger partial charge is 0.360 e. The SMILES string of the molecule is COC(=O)c1nc(Br)c2[nH]c(=O)c(C(c3ccccc3)c3ccccc3)cc2c1O. The Morgan fingerprint density at radius 2 is 1.63 bits per heavy atom. The van der Waals surface area contributed by atoms with Gasteiger partial charge in [0.2, 0.25) is 0 Å². The number of benzene rings is 2. The number of halogens is 1. The number of hydrogen-bond acceptors (Lipinski definition) is 5. The standard InChI is InChI=1S/C23H17BrN2O4/c1-30-23(29)19-20(27)16-12-15(22(28)26-18(16)21(24)25-19)17(13-8-4-2-5-9-13)14-10-6-3-7-11-14/h2-12,17,27H,1H3,(H,26,28). The van der Waals surface area contributed by atoms with Gasteiger partial charge in [-0.05, 0) is 33.1 Å². The molecule has 0 saturated carbocycles. The summed E-state index contributed by atoms with van der Waals surface area (Å²) in [5.74, 6) is -1.49. The normalized spacial score (nSPS) is 11.0. The van der Waals surface area contributed by atoms with E-state index < -0.39 is 5.97 Å². The minimum Gasteiger partial charge on any atom is -0.505 e. The Morgan fingerprint density at radius 3 is 2.17 bits per heavy atom. The first kappa shape index (κ1) is 19.8. The maximum absolute atomic E-state index is 13.1. The van der Waals surface area contributed by atoms with Crippen molar-refractivity contribution in [3.05, 3.63) is 104 Å². The fraction of sp³-hybridized carbons (Fsp3) is 0.0870. The second-order valence-electron chi connectivity index (χ2n) is 6.69. The molecule has 4 aromatic rings. The number of hydrogen-bond donors (Lipinski definition) is 2. The van der Waals surface area contributed by atoms with Crippen LogP contribution in [0.4, 0.5) is 0 Å². The molecular weight excluding hydrogens is 448 g/mol. The molecule has 7 heteroatoms. The van der Waals surface area contributed by atoms with Crippen LogP contribution in [0.2, 0.25) is 0 Å². The highest BCUT2D eigenvalue weighted by Gasteiger charge is 2.24. The Balaban J connectivity index is 2.02. The first-order chi connectivity index (χ1) is 14.5. The number of pyridine rings is 2. The number of nitrogens with one attached hydrogen (secondary N) is 1. The van der Waals surface area contributed by atoms with Gasteiger partial charge in [-0.25, -0.2) is 9.78 Å². The van der Waals surface area contributed by atoms with E-state index in [1.807, 2.05) is 60.7 Å². The van der Waals surface area contributed by atoms with Gasteiger partial charge >= 0.3 is 5.97 Å². The van der Waals surface area contributed by atoms with Gasteiger partial charge < -0.3 is 14.8 Å². The van der Waals surface area contributed by atoms with Crippen molar-refractivity contribution in [2.24, 2.45) is 0 Å². The Morgan fingerprint density at radius 1 is 1.07 bits per heavy atom. The van der Waals surface area contributed by atoms with Gasteiger partial charge in [0, 0.05) is 16.9 Å². The lowest BCUT2D eigenvalue weighted by molar-refractivity contribution is 0.0590. The van der Waals surface area contributed by atoms with Gasteiger partial charge in [-0.1, -0.05) is 60.7 Å². The highest BCUT2D eigenvalue weighted by molar-refractivity contribution is 9.10. The molecule has 2 N–H and O–H groups in total. The number of esters is 1. The van der Waals surface area contributed by atoms with E-state index in [1.165, 1.54) is 7.11 Å². The molecule has 2 aromatic carbocycles. The van der Waals surface area contributed by atoms with Crippen molar-refractivity contribution in [1.29, 1.82) is 0 Å². The number of aromatic amines is 1. The number of H-pyrrole nitrogens is 1. The number of ether oxygens (including phenoxy) is 1. The van der Waals surface area contributed by atoms with Crippen molar-refractivity contribution in [3.63, 3.8) is 0 Å². The fourth-order valence-corrected chi connectivity index (χ4v) is 4.02. The molecule has 0 saturated heterocycles. The highest BCUT2D eigenvalue weighted by atomic mass is 79.9. The topological polar surface area (TPSA) is 92.3 Å². The van der Waals surface area contributed by atoms with E-state index in [4.69, 9.17) is 4.74 Å². The van der Waals surface area contributed by atoms with Crippen molar-refractivity contribution in [2.75, 3.05) is 7.11 Å². The summed E-state index contributed by atoms with van der Waals surface area (Å²) in [5, 5.41) is 11.0. The van der Waals surface area contributed by atoms with Gasteiger partial charge in [-0.2, -0.15) is 0 Å². The highest BCUT2D eigenvalue weighted by Crippen LogP contribution is 2.35. The van der Waals surface area contributed by atoms with Crippen LogP contribution >= 0.6 is 15.9 Å². The molecular formula is C23H17BrN2O4. The molecule has 0 amide bonds. The Kier molecular flexibility index (Phi) is 5.37. The molecule has 0 aliphatic heterocycles. The van der Waals surface area contributed by atoms with E-state index in [0.717, 1.165) is 11.1 Å². The lowest BCUT2D eigenvalue weighted by Crippen LogP contribution is -2.19. The van der Waals surface area contributed by atoms with Crippen LogP contribution < -0.4 is 5.56 Å². The molecule has 150 valence electrons. The van der Waals surface area contributed by atoms with Crippen LogP contribution in [0.5, 0.6) is 5.75 Å². The minimum absolute atomic E-state index is 0.231. The predicted octanol–water partition coefficient (Wildman–Crippen LogP) is 4.36. The minimum atomic E-state index is -0.773. The molecule has 0 aliphatic rings. The van der Waals surface area contributed by atoms with Gasteiger partial charge in [0.1, 0.15) is 4.60 Å². The third-order valence-corrected chi connectivity index (χ3v) is 5.49. The molecule has 30 heavy (non-hydrogen) atoms. The Hall–Kier alpha value is -3.45. The number of fused-ring (bicyclic) bond motifs is 1. The summed E-state index contributed by atoms with van der Waals surface area (Å²) in [6, 6.07) is 20.9. The maximum Gasteiger partial charge on any atom is 0.360 e. The number of carbonyl (C=O) groups is 1. The summed E-state index contributed by atoms with van der Waals surface area (Å²) >= 11 is 3.26. The summed E-state index contributed by atoms with van der Waals surface area (Å²) in [5.41, 5.74) is 2.04. The van der Waals surface area contributed by atoms with Crippen molar-refractivity contribution in [2.45, 2.75) is 5.92 Å². The van der Waals surface area contributed by atoms with E-state index >= 15 is 0 Å². The van der Waals surface area contributed by atoms with Crippen LogP contribution in [-0.2, 0) is 4.74 Å². The summed E-state index contributed by atoms with van der Waals surface area (Å²) < 4.78 is 4.94. The third kappa shape index (κ3) is 3.48. The first-order valence-electron chi connectivity index (χ1n) is 9.15. The van der Waals surface area contributed by atoms with E-state index in [2.05, 4.69) is 25.9 Å². The monoisotopic (exact) mass is 464 g/mol. The van der Waals surface area contributed by atoms with Crippen molar-refractivity contribution < 1.29 is 14.6 Å². The van der Waals surface area contributed by atoms with Gasteiger partial charge in [-0.3, -0.25) is 4.79 Å². The molecule has 0 unspecified atom stereocenters. The number of aromatic hydroxyl groups is 1. The lowest BCUT2D eigenvalue weighted by Gasteiger charge is -2.19. The zero-order valence-corrected chi connectivity index (χ0v) is 17.5. The largest absolute Gasteiger partial charge is 0.505 e. The fourth-order valence-electron chi connectivity index (χ4n) is 3.53. The molecule has 0 fully saturated rings. The number of aromatic nitrogens is 2. The maximum atomic E-state index is 13.1. The molecule has 4 rings (SSSR count). The summed E-state index contributed by atoms with van der Waals surface area (Å²) in [4.78, 5) is 31.9. The number of methoxy groups -OCH3 is 1. The lowest BCUT2D eigenvalue weighted by atomic mass is 9.85. The predicted molar refractivity (Wildman–Crippen MR) is 117 cm³/mol. The van der Waals surface area contributed by atoms with E-state index in [1.54, 1.807) is 6.07 Å².